The molecule has 0 spiro atoms. The molecular weight excluding hydrogens is 343 g/mol. The lowest BCUT2D eigenvalue weighted by Crippen LogP contribution is -2.41. The number of carbonyl (C=O) groups is 1. The summed E-state index contributed by atoms with van der Waals surface area (Å²) in [5.74, 6) is 0.420. The molecule has 1 amide bonds. The first-order chi connectivity index (χ1) is 12.9. The van der Waals surface area contributed by atoms with Gasteiger partial charge in [0.15, 0.2) is 0 Å². The quantitative estimate of drug-likeness (QED) is 0.814. The van der Waals surface area contributed by atoms with Crippen LogP contribution in [-0.2, 0) is 4.79 Å². The summed E-state index contributed by atoms with van der Waals surface area (Å²) in [4.78, 5) is 25.9. The maximum absolute atomic E-state index is 13.4. The highest BCUT2D eigenvalue weighted by Crippen LogP contribution is 2.37. The summed E-state index contributed by atoms with van der Waals surface area (Å²) >= 11 is 0. The van der Waals surface area contributed by atoms with Crippen molar-refractivity contribution in [2.75, 3.05) is 25.5 Å². The fourth-order valence-electron chi connectivity index (χ4n) is 3.52. The maximum atomic E-state index is 13.4. The smallest absolute Gasteiger partial charge is 0.225 e. The van der Waals surface area contributed by atoms with Gasteiger partial charge in [0.1, 0.15) is 5.82 Å². The number of halogens is 1. The summed E-state index contributed by atoms with van der Waals surface area (Å²) in [6.07, 6.45) is 4.72. The minimum atomic E-state index is -0.277. The van der Waals surface area contributed by atoms with Crippen molar-refractivity contribution in [3.05, 3.63) is 42.0 Å². The second-order valence-electron chi connectivity index (χ2n) is 7.57. The maximum Gasteiger partial charge on any atom is 0.225 e. The minimum Gasteiger partial charge on any atom is -0.347 e. The number of hydrogen-bond acceptors (Lipinski definition) is 4. The van der Waals surface area contributed by atoms with Crippen molar-refractivity contribution < 1.29 is 9.18 Å². The Hall–Kier alpha value is -2.50. The van der Waals surface area contributed by atoms with E-state index < -0.39 is 0 Å². The average Bonchev–Trinajstić information content (AvgIpc) is 2.67. The standard InChI is InChI=1S/C21H27FN4O/c1-14(2)20(27)26-12-6-5-7-18(26)19-17(13-23-21(24-19)25(3)4)15-8-10-16(22)11-9-15/h8-11,13-14,18H,5-7,12H2,1-4H3/t18-/m1/s1. The second kappa shape index (κ2) is 8.03. The molecule has 1 saturated heterocycles. The van der Waals surface area contributed by atoms with E-state index in [9.17, 15) is 9.18 Å². The minimum absolute atomic E-state index is 0.0602. The lowest BCUT2D eigenvalue weighted by atomic mass is 9.93. The van der Waals surface area contributed by atoms with E-state index in [1.165, 1.54) is 12.1 Å². The van der Waals surface area contributed by atoms with Crippen molar-refractivity contribution in [3.63, 3.8) is 0 Å². The molecule has 144 valence electrons. The summed E-state index contributed by atoms with van der Waals surface area (Å²) in [5.41, 5.74) is 2.56. The van der Waals surface area contributed by atoms with Crippen molar-refractivity contribution in [2.45, 2.75) is 39.2 Å². The molecular formula is C21H27FN4O. The van der Waals surface area contributed by atoms with E-state index in [-0.39, 0.29) is 23.7 Å². The number of carbonyl (C=O) groups excluding carboxylic acids is 1. The van der Waals surface area contributed by atoms with Gasteiger partial charge >= 0.3 is 0 Å². The molecule has 0 N–H and O–H groups in total. The van der Waals surface area contributed by atoms with Gasteiger partial charge in [-0.05, 0) is 37.0 Å². The van der Waals surface area contributed by atoms with Crippen molar-refractivity contribution in [1.29, 1.82) is 0 Å². The van der Waals surface area contributed by atoms with Gasteiger partial charge in [0.2, 0.25) is 11.9 Å². The van der Waals surface area contributed by atoms with Crippen LogP contribution in [0, 0.1) is 11.7 Å². The molecule has 1 aliphatic heterocycles. The van der Waals surface area contributed by atoms with E-state index in [1.807, 2.05) is 37.7 Å². The lowest BCUT2D eigenvalue weighted by Gasteiger charge is -2.37. The largest absolute Gasteiger partial charge is 0.347 e. The van der Waals surface area contributed by atoms with Crippen molar-refractivity contribution in [2.24, 2.45) is 5.92 Å². The monoisotopic (exact) mass is 370 g/mol. The Labute approximate surface area is 160 Å². The van der Waals surface area contributed by atoms with Gasteiger partial charge in [-0.15, -0.1) is 0 Å². The van der Waals surface area contributed by atoms with Gasteiger partial charge in [-0.2, -0.15) is 0 Å². The topological polar surface area (TPSA) is 49.3 Å². The Kier molecular flexibility index (Phi) is 5.73. The van der Waals surface area contributed by atoms with Gasteiger partial charge in [-0.1, -0.05) is 26.0 Å². The number of amides is 1. The molecule has 0 radical (unpaired) electrons. The van der Waals surface area contributed by atoms with Crippen LogP contribution in [0.25, 0.3) is 11.1 Å². The molecule has 2 heterocycles. The number of piperidine rings is 1. The highest BCUT2D eigenvalue weighted by molar-refractivity contribution is 5.79. The fourth-order valence-corrected chi connectivity index (χ4v) is 3.52. The van der Waals surface area contributed by atoms with Crippen LogP contribution in [-0.4, -0.2) is 41.4 Å². The van der Waals surface area contributed by atoms with Crippen molar-refractivity contribution in [3.8, 4) is 11.1 Å². The Balaban J connectivity index is 2.11. The highest BCUT2D eigenvalue weighted by atomic mass is 19.1. The molecule has 6 heteroatoms. The molecule has 1 aliphatic rings. The van der Waals surface area contributed by atoms with Crippen LogP contribution in [0.2, 0.25) is 0 Å². The summed E-state index contributed by atoms with van der Waals surface area (Å²) < 4.78 is 13.4. The normalized spacial score (nSPS) is 17.3. The van der Waals surface area contributed by atoms with Gasteiger partial charge in [-0.25, -0.2) is 14.4 Å². The van der Waals surface area contributed by atoms with Crippen LogP contribution in [0.15, 0.2) is 30.5 Å². The van der Waals surface area contributed by atoms with E-state index in [0.29, 0.717) is 5.95 Å². The van der Waals surface area contributed by atoms with Gasteiger partial charge in [0.25, 0.3) is 0 Å². The zero-order chi connectivity index (χ0) is 19.6. The number of likely N-dealkylation sites (tertiary alicyclic amines) is 1. The van der Waals surface area contributed by atoms with E-state index in [0.717, 1.165) is 42.6 Å². The number of rotatable bonds is 4. The third kappa shape index (κ3) is 4.10. The van der Waals surface area contributed by atoms with Crippen LogP contribution < -0.4 is 4.90 Å². The van der Waals surface area contributed by atoms with E-state index in [2.05, 4.69) is 4.98 Å². The van der Waals surface area contributed by atoms with Crippen molar-refractivity contribution >= 4 is 11.9 Å². The third-order valence-electron chi connectivity index (χ3n) is 4.96. The molecule has 0 aliphatic carbocycles. The van der Waals surface area contributed by atoms with Crippen molar-refractivity contribution in [1.82, 2.24) is 14.9 Å². The number of benzene rings is 1. The summed E-state index contributed by atoms with van der Waals surface area (Å²) in [6, 6.07) is 6.28. The predicted molar refractivity (Wildman–Crippen MR) is 105 cm³/mol. The molecule has 1 fully saturated rings. The Morgan fingerprint density at radius 2 is 1.93 bits per heavy atom. The molecule has 0 saturated carbocycles. The van der Waals surface area contributed by atoms with Crippen LogP contribution in [0.5, 0.6) is 0 Å². The first kappa shape index (κ1) is 19.3. The van der Waals surface area contributed by atoms with Gasteiger partial charge < -0.3 is 9.80 Å². The van der Waals surface area contributed by atoms with Gasteiger partial charge in [0.05, 0.1) is 11.7 Å². The number of aromatic nitrogens is 2. The fraction of sp³-hybridized carbons (Fsp3) is 0.476. The molecule has 2 aromatic rings. The molecule has 1 aromatic carbocycles. The summed E-state index contributed by atoms with van der Waals surface area (Å²) in [6.45, 7) is 4.60. The Morgan fingerprint density at radius 1 is 1.22 bits per heavy atom. The first-order valence-electron chi connectivity index (χ1n) is 9.49. The molecule has 27 heavy (non-hydrogen) atoms. The predicted octanol–water partition coefficient (Wildman–Crippen LogP) is 4.06. The van der Waals surface area contributed by atoms with Gasteiger partial charge in [-0.3, -0.25) is 4.79 Å². The average molecular weight is 370 g/mol. The summed E-state index contributed by atoms with van der Waals surface area (Å²) in [7, 11) is 3.79. The molecule has 3 rings (SSSR count). The molecule has 5 nitrogen and oxygen atoms in total. The van der Waals surface area contributed by atoms with E-state index >= 15 is 0 Å². The zero-order valence-corrected chi connectivity index (χ0v) is 16.4. The van der Waals surface area contributed by atoms with Crippen LogP contribution >= 0.6 is 0 Å². The van der Waals surface area contributed by atoms with E-state index in [1.54, 1.807) is 18.3 Å². The highest BCUT2D eigenvalue weighted by Gasteiger charge is 2.32. The second-order valence-corrected chi connectivity index (χ2v) is 7.57. The number of hydrogen-bond donors (Lipinski definition) is 0. The first-order valence-corrected chi connectivity index (χ1v) is 9.49. The number of nitrogens with zero attached hydrogens (tertiary/aromatic N) is 4. The lowest BCUT2D eigenvalue weighted by molar-refractivity contribution is -0.138. The van der Waals surface area contributed by atoms with Crippen LogP contribution in [0.4, 0.5) is 10.3 Å². The SMILES string of the molecule is CC(C)C(=O)N1CCCC[C@@H]1c1nc(N(C)C)ncc1-c1ccc(F)cc1. The molecule has 1 aromatic heterocycles. The summed E-state index contributed by atoms with van der Waals surface area (Å²) in [5, 5.41) is 0. The Bertz CT molecular complexity index is 804. The van der Waals surface area contributed by atoms with Crippen LogP contribution in [0.3, 0.4) is 0 Å². The van der Waals surface area contributed by atoms with Crippen LogP contribution in [0.1, 0.15) is 44.8 Å². The third-order valence-corrected chi connectivity index (χ3v) is 4.96. The molecule has 0 unspecified atom stereocenters. The zero-order valence-electron chi connectivity index (χ0n) is 16.4. The number of anilines is 1. The molecule has 1 atom stereocenters. The Morgan fingerprint density at radius 3 is 2.56 bits per heavy atom. The molecule has 0 bridgehead atoms. The van der Waals surface area contributed by atoms with Gasteiger partial charge in [0, 0.05) is 38.3 Å². The van der Waals surface area contributed by atoms with E-state index in [4.69, 9.17) is 4.98 Å².